The molecule has 174 valence electrons. The molecule has 1 aromatic rings. The molecule has 5 aliphatic rings. The van der Waals surface area contributed by atoms with Crippen molar-refractivity contribution in [3.05, 3.63) is 35.9 Å². The summed E-state index contributed by atoms with van der Waals surface area (Å²) in [6.45, 7) is 0.425. The Hall–Kier alpha value is -1.51. The molecule has 1 aromatic carbocycles. The van der Waals surface area contributed by atoms with Crippen LogP contribution in [0.25, 0.3) is 0 Å². The van der Waals surface area contributed by atoms with Crippen LogP contribution in [0.3, 0.4) is 0 Å². The summed E-state index contributed by atoms with van der Waals surface area (Å²) >= 11 is 0. The van der Waals surface area contributed by atoms with Gasteiger partial charge in [-0.1, -0.05) is 31.0 Å². The second kappa shape index (κ2) is 8.37. The predicted molar refractivity (Wildman–Crippen MR) is 113 cm³/mol. The lowest BCUT2D eigenvalue weighted by molar-refractivity contribution is -0.259. The third kappa shape index (κ3) is 3.78. The van der Waals surface area contributed by atoms with Crippen molar-refractivity contribution in [2.75, 3.05) is 6.61 Å². The second-order valence-corrected chi connectivity index (χ2v) is 9.82. The molecule has 5 fully saturated rings. The average molecular weight is 445 g/mol. The van der Waals surface area contributed by atoms with E-state index in [1.807, 2.05) is 18.2 Å². The molecule has 7 nitrogen and oxygen atoms in total. The third-order valence-electron chi connectivity index (χ3n) is 7.62. The van der Waals surface area contributed by atoms with Gasteiger partial charge in [-0.25, -0.2) is 4.79 Å². The third-order valence-corrected chi connectivity index (χ3v) is 7.62. The van der Waals surface area contributed by atoms with Gasteiger partial charge in [0.1, 0.15) is 12.2 Å². The number of hydrogen-bond acceptors (Lipinski definition) is 7. The number of fused-ring (bicyclic) bond motifs is 1. The van der Waals surface area contributed by atoms with Crippen LogP contribution in [0.5, 0.6) is 0 Å². The minimum absolute atomic E-state index is 0.318. The molecule has 3 aliphatic heterocycles. The quantitative estimate of drug-likeness (QED) is 0.650. The summed E-state index contributed by atoms with van der Waals surface area (Å²) in [6, 6.07) is 9.04. The van der Waals surface area contributed by atoms with Crippen LogP contribution in [0, 0.1) is 0 Å². The van der Waals surface area contributed by atoms with Gasteiger partial charge in [0.15, 0.2) is 30.1 Å². The first kappa shape index (κ1) is 21.1. The molecule has 0 radical (unpaired) electrons. The predicted octanol–water partition coefficient (Wildman–Crippen LogP) is 4.09. The Kier molecular flexibility index (Phi) is 5.50. The van der Waals surface area contributed by atoms with Crippen LogP contribution < -0.4 is 0 Å². The molecule has 7 heteroatoms. The zero-order valence-electron chi connectivity index (χ0n) is 18.4. The normalized spacial score (nSPS) is 37.6. The Morgan fingerprint density at radius 3 is 2.22 bits per heavy atom. The lowest BCUT2D eigenvalue weighted by Gasteiger charge is -2.35. The topological polar surface area (TPSA) is 72.5 Å². The molecular weight excluding hydrogens is 412 g/mol. The first-order valence-electron chi connectivity index (χ1n) is 12.2. The maximum Gasteiger partial charge on any atom is 0.338 e. The van der Waals surface area contributed by atoms with Gasteiger partial charge in [0, 0.05) is 25.7 Å². The second-order valence-electron chi connectivity index (χ2n) is 9.82. The number of esters is 1. The number of benzene rings is 1. The summed E-state index contributed by atoms with van der Waals surface area (Å²) < 4.78 is 37.8. The van der Waals surface area contributed by atoms with E-state index in [2.05, 4.69) is 0 Å². The van der Waals surface area contributed by atoms with Crippen LogP contribution in [0.15, 0.2) is 30.3 Å². The SMILES string of the molecule is O=C(O[C@@H]1[C@H]2OC3(CCCCC3)O[C@H]2O[C@@H]1[C@@H]1COC2(CCCCC2)O1)c1ccccc1. The zero-order chi connectivity index (χ0) is 21.6. The summed E-state index contributed by atoms with van der Waals surface area (Å²) in [5.41, 5.74) is 0.508. The van der Waals surface area contributed by atoms with Crippen molar-refractivity contribution in [2.24, 2.45) is 0 Å². The summed E-state index contributed by atoms with van der Waals surface area (Å²) in [5, 5.41) is 0. The molecule has 0 amide bonds. The molecule has 2 spiro atoms. The van der Waals surface area contributed by atoms with Crippen molar-refractivity contribution >= 4 is 5.97 Å². The minimum atomic E-state index is -0.617. The molecule has 0 aromatic heterocycles. The number of carbonyl (C=O) groups excluding carboxylic acids is 1. The van der Waals surface area contributed by atoms with Gasteiger partial charge in [-0.3, -0.25) is 0 Å². The lowest BCUT2D eigenvalue weighted by Crippen LogP contribution is -2.46. The Morgan fingerprint density at radius 1 is 0.812 bits per heavy atom. The first-order chi connectivity index (χ1) is 15.7. The highest BCUT2D eigenvalue weighted by atomic mass is 16.9. The molecular formula is C25H32O7. The van der Waals surface area contributed by atoms with Gasteiger partial charge < -0.3 is 28.4 Å². The van der Waals surface area contributed by atoms with Crippen LogP contribution in [0.1, 0.15) is 74.6 Å². The Labute approximate surface area is 188 Å². The largest absolute Gasteiger partial charge is 0.453 e. The highest BCUT2D eigenvalue weighted by Crippen LogP contribution is 2.48. The smallest absolute Gasteiger partial charge is 0.338 e. The van der Waals surface area contributed by atoms with E-state index in [4.69, 9.17) is 28.4 Å². The molecule has 0 unspecified atom stereocenters. The Bertz CT molecular complexity index is 815. The molecule has 6 rings (SSSR count). The average Bonchev–Trinajstić information content (AvgIpc) is 3.48. The number of ether oxygens (including phenoxy) is 6. The van der Waals surface area contributed by atoms with Crippen molar-refractivity contribution in [1.82, 2.24) is 0 Å². The molecule has 2 saturated carbocycles. The summed E-state index contributed by atoms with van der Waals surface area (Å²) in [6.07, 6.45) is 7.80. The lowest BCUT2D eigenvalue weighted by atomic mass is 9.94. The van der Waals surface area contributed by atoms with Crippen LogP contribution in [0.4, 0.5) is 0 Å². The van der Waals surface area contributed by atoms with Crippen LogP contribution in [-0.4, -0.2) is 54.9 Å². The molecule has 3 saturated heterocycles. The van der Waals surface area contributed by atoms with Gasteiger partial charge in [0.05, 0.1) is 12.2 Å². The fraction of sp³-hybridized carbons (Fsp3) is 0.720. The first-order valence-corrected chi connectivity index (χ1v) is 12.2. The van der Waals surface area contributed by atoms with E-state index in [0.29, 0.717) is 12.2 Å². The van der Waals surface area contributed by atoms with Crippen LogP contribution in [-0.2, 0) is 28.4 Å². The monoisotopic (exact) mass is 444 g/mol. The highest BCUT2D eigenvalue weighted by Gasteiger charge is 2.62. The maximum atomic E-state index is 13.0. The van der Waals surface area contributed by atoms with Gasteiger partial charge in [0.25, 0.3) is 0 Å². The van der Waals surface area contributed by atoms with Crippen molar-refractivity contribution in [3.63, 3.8) is 0 Å². The molecule has 0 N–H and O–H groups in total. The molecule has 2 aliphatic carbocycles. The van der Waals surface area contributed by atoms with Gasteiger partial charge in [-0.2, -0.15) is 0 Å². The van der Waals surface area contributed by atoms with Gasteiger partial charge in [-0.15, -0.1) is 0 Å². The number of carbonyl (C=O) groups is 1. The maximum absolute atomic E-state index is 13.0. The Morgan fingerprint density at radius 2 is 1.50 bits per heavy atom. The zero-order valence-corrected chi connectivity index (χ0v) is 18.4. The molecule has 3 heterocycles. The van der Waals surface area contributed by atoms with E-state index in [-0.39, 0.29) is 12.1 Å². The van der Waals surface area contributed by atoms with E-state index in [1.54, 1.807) is 12.1 Å². The summed E-state index contributed by atoms with van der Waals surface area (Å²) in [5.74, 6) is -1.53. The van der Waals surface area contributed by atoms with E-state index >= 15 is 0 Å². The van der Waals surface area contributed by atoms with Crippen molar-refractivity contribution in [2.45, 2.75) is 106 Å². The minimum Gasteiger partial charge on any atom is -0.453 e. The number of rotatable bonds is 3. The van der Waals surface area contributed by atoms with Crippen LogP contribution in [0.2, 0.25) is 0 Å². The summed E-state index contributed by atoms with van der Waals surface area (Å²) in [7, 11) is 0. The van der Waals surface area contributed by atoms with E-state index in [0.717, 1.165) is 51.4 Å². The highest BCUT2D eigenvalue weighted by molar-refractivity contribution is 5.89. The van der Waals surface area contributed by atoms with Gasteiger partial charge >= 0.3 is 5.97 Å². The fourth-order valence-corrected chi connectivity index (χ4v) is 5.97. The van der Waals surface area contributed by atoms with Crippen molar-refractivity contribution in [3.8, 4) is 0 Å². The number of hydrogen-bond donors (Lipinski definition) is 0. The van der Waals surface area contributed by atoms with E-state index < -0.39 is 36.2 Å². The standard InChI is InChI=1S/C25H32O7/c26-22(17-10-4-1-5-11-17)28-20-19(18-16-27-24(30-18)12-6-2-7-13-24)29-23-21(20)31-25(32-23)14-8-3-9-15-25/h1,4-5,10-11,18-21,23H,2-3,6-9,12-16H2/t18-,19+,20-,21+,23+/m0/s1. The van der Waals surface area contributed by atoms with Crippen LogP contribution >= 0.6 is 0 Å². The summed E-state index contributed by atoms with van der Waals surface area (Å²) in [4.78, 5) is 13.0. The fourth-order valence-electron chi connectivity index (χ4n) is 5.97. The van der Waals surface area contributed by atoms with Crippen molar-refractivity contribution < 1.29 is 33.2 Å². The van der Waals surface area contributed by atoms with Crippen molar-refractivity contribution in [1.29, 1.82) is 0 Å². The van der Waals surface area contributed by atoms with E-state index in [1.165, 1.54) is 12.8 Å². The van der Waals surface area contributed by atoms with E-state index in [9.17, 15) is 4.79 Å². The van der Waals surface area contributed by atoms with Gasteiger partial charge in [0.2, 0.25) is 0 Å². The molecule has 5 atom stereocenters. The molecule has 0 bridgehead atoms. The van der Waals surface area contributed by atoms with Gasteiger partial charge in [-0.05, 0) is 37.8 Å². The molecule has 32 heavy (non-hydrogen) atoms. The Balaban J connectivity index is 1.22.